The molecule has 146 valence electrons. The van der Waals surface area contributed by atoms with Gasteiger partial charge in [-0.15, -0.1) is 0 Å². The summed E-state index contributed by atoms with van der Waals surface area (Å²) >= 11 is 1.20. The molecule has 0 aliphatic rings. The Balaban J connectivity index is 1.62. The number of carbonyl (C=O) groups excluding carboxylic acids is 1. The van der Waals surface area contributed by atoms with E-state index in [9.17, 15) is 13.6 Å². The van der Waals surface area contributed by atoms with Crippen LogP contribution in [0.15, 0.2) is 70.3 Å². The monoisotopic (exact) mass is 411 g/mol. The van der Waals surface area contributed by atoms with Gasteiger partial charge < -0.3 is 9.73 Å². The predicted octanol–water partition coefficient (Wildman–Crippen LogP) is 5.29. The lowest BCUT2D eigenvalue weighted by Gasteiger charge is -2.14. The van der Waals surface area contributed by atoms with E-state index in [1.807, 2.05) is 24.3 Å². The SMILES string of the molecule is C[C@@H](Sc1nc(-c2ccco2)nc2ccccc12)C(=O)Nc1cc(F)ccc1F. The number of thioether (sulfide) groups is 1. The van der Waals surface area contributed by atoms with Crippen molar-refractivity contribution in [3.63, 3.8) is 0 Å². The highest BCUT2D eigenvalue weighted by Gasteiger charge is 2.20. The van der Waals surface area contributed by atoms with Crippen LogP contribution in [0.1, 0.15) is 6.92 Å². The normalized spacial score (nSPS) is 12.1. The topological polar surface area (TPSA) is 68.0 Å². The Morgan fingerprint density at radius 1 is 1.10 bits per heavy atom. The Labute approximate surface area is 169 Å². The molecule has 0 radical (unpaired) electrons. The molecule has 0 saturated carbocycles. The molecule has 0 aliphatic carbocycles. The van der Waals surface area contributed by atoms with Crippen LogP contribution in [0.5, 0.6) is 0 Å². The van der Waals surface area contributed by atoms with Gasteiger partial charge in [-0.25, -0.2) is 18.7 Å². The number of hydrogen-bond donors (Lipinski definition) is 1. The lowest BCUT2D eigenvalue weighted by molar-refractivity contribution is -0.115. The van der Waals surface area contributed by atoms with Crippen LogP contribution in [-0.4, -0.2) is 21.1 Å². The maximum absolute atomic E-state index is 13.8. The van der Waals surface area contributed by atoms with Crippen molar-refractivity contribution in [1.29, 1.82) is 0 Å². The maximum Gasteiger partial charge on any atom is 0.237 e. The van der Waals surface area contributed by atoms with Crippen LogP contribution in [0, 0.1) is 11.6 Å². The Morgan fingerprint density at radius 3 is 2.72 bits per heavy atom. The highest BCUT2D eigenvalue weighted by molar-refractivity contribution is 8.00. The van der Waals surface area contributed by atoms with Crippen LogP contribution in [-0.2, 0) is 4.79 Å². The molecule has 2 heterocycles. The maximum atomic E-state index is 13.8. The average Bonchev–Trinajstić information content (AvgIpc) is 3.25. The van der Waals surface area contributed by atoms with Gasteiger partial charge in [0.1, 0.15) is 16.7 Å². The molecule has 0 bridgehead atoms. The summed E-state index contributed by atoms with van der Waals surface area (Å²) < 4.78 is 32.6. The number of nitrogens with one attached hydrogen (secondary N) is 1. The fourth-order valence-corrected chi connectivity index (χ4v) is 3.64. The van der Waals surface area contributed by atoms with Crippen molar-refractivity contribution < 1.29 is 18.0 Å². The third kappa shape index (κ3) is 4.12. The molecule has 0 saturated heterocycles. The van der Waals surface area contributed by atoms with Gasteiger partial charge in [-0.05, 0) is 37.3 Å². The lowest BCUT2D eigenvalue weighted by Crippen LogP contribution is -2.23. The molecule has 4 rings (SSSR count). The largest absolute Gasteiger partial charge is 0.461 e. The van der Waals surface area contributed by atoms with Crippen molar-refractivity contribution in [2.24, 2.45) is 0 Å². The number of fused-ring (bicyclic) bond motifs is 1. The molecule has 0 unspecified atom stereocenters. The summed E-state index contributed by atoms with van der Waals surface area (Å²) in [4.78, 5) is 21.6. The minimum absolute atomic E-state index is 0.203. The number of hydrogen-bond acceptors (Lipinski definition) is 5. The summed E-state index contributed by atoms with van der Waals surface area (Å²) in [5.74, 6) is -0.894. The van der Waals surface area contributed by atoms with E-state index in [0.29, 0.717) is 22.1 Å². The summed E-state index contributed by atoms with van der Waals surface area (Å²) in [5, 5.41) is 3.17. The fourth-order valence-electron chi connectivity index (χ4n) is 2.70. The predicted molar refractivity (Wildman–Crippen MR) is 108 cm³/mol. The van der Waals surface area contributed by atoms with E-state index in [0.717, 1.165) is 23.6 Å². The Kier molecular flexibility index (Phi) is 5.26. The van der Waals surface area contributed by atoms with E-state index in [2.05, 4.69) is 15.3 Å². The first kappa shape index (κ1) is 19.1. The molecular formula is C21H15F2N3O2S. The second kappa shape index (κ2) is 8.00. The van der Waals surface area contributed by atoms with E-state index in [4.69, 9.17) is 4.42 Å². The summed E-state index contributed by atoms with van der Waals surface area (Å²) in [6.07, 6.45) is 1.53. The summed E-state index contributed by atoms with van der Waals surface area (Å²) in [7, 11) is 0. The number of para-hydroxylation sites is 1. The van der Waals surface area contributed by atoms with Gasteiger partial charge in [-0.1, -0.05) is 30.0 Å². The molecule has 1 amide bonds. The molecule has 5 nitrogen and oxygen atoms in total. The van der Waals surface area contributed by atoms with Gasteiger partial charge in [0.25, 0.3) is 0 Å². The minimum Gasteiger partial charge on any atom is -0.461 e. The van der Waals surface area contributed by atoms with Crippen molar-refractivity contribution in [2.75, 3.05) is 5.32 Å². The zero-order valence-electron chi connectivity index (χ0n) is 15.2. The highest BCUT2D eigenvalue weighted by atomic mass is 32.2. The Hall–Kier alpha value is -3.26. The molecule has 2 aromatic carbocycles. The Bertz CT molecular complexity index is 1180. The molecule has 0 spiro atoms. The average molecular weight is 411 g/mol. The van der Waals surface area contributed by atoms with Gasteiger partial charge in [0.2, 0.25) is 5.91 Å². The lowest BCUT2D eigenvalue weighted by atomic mass is 10.2. The molecule has 1 atom stereocenters. The van der Waals surface area contributed by atoms with Crippen molar-refractivity contribution in [3.05, 3.63) is 72.5 Å². The number of furan rings is 1. The second-order valence-corrected chi connectivity index (χ2v) is 7.55. The number of benzene rings is 2. The molecule has 1 N–H and O–H groups in total. The number of halogens is 2. The van der Waals surface area contributed by atoms with Crippen LogP contribution in [0.3, 0.4) is 0 Å². The highest BCUT2D eigenvalue weighted by Crippen LogP contribution is 2.31. The molecule has 4 aromatic rings. The summed E-state index contributed by atoms with van der Waals surface area (Å²) in [6.45, 7) is 1.67. The number of anilines is 1. The number of amides is 1. The van der Waals surface area contributed by atoms with Gasteiger partial charge in [-0.3, -0.25) is 4.79 Å². The van der Waals surface area contributed by atoms with Crippen LogP contribution in [0.2, 0.25) is 0 Å². The minimum atomic E-state index is -0.704. The van der Waals surface area contributed by atoms with E-state index in [1.165, 1.54) is 18.0 Å². The van der Waals surface area contributed by atoms with Crippen LogP contribution in [0.4, 0.5) is 14.5 Å². The van der Waals surface area contributed by atoms with Gasteiger partial charge >= 0.3 is 0 Å². The quantitative estimate of drug-likeness (QED) is 0.357. The first-order valence-corrected chi connectivity index (χ1v) is 9.62. The molecule has 8 heteroatoms. The smallest absolute Gasteiger partial charge is 0.237 e. The summed E-state index contributed by atoms with van der Waals surface area (Å²) in [5.41, 5.74) is 0.506. The van der Waals surface area contributed by atoms with Gasteiger partial charge in [0.15, 0.2) is 11.6 Å². The van der Waals surface area contributed by atoms with Crippen molar-refractivity contribution in [3.8, 4) is 11.6 Å². The molecule has 0 aliphatic heterocycles. The molecule has 2 aromatic heterocycles. The van der Waals surface area contributed by atoms with E-state index in [1.54, 1.807) is 19.1 Å². The number of nitrogens with zero attached hydrogens (tertiary/aromatic N) is 2. The van der Waals surface area contributed by atoms with Gasteiger partial charge in [0, 0.05) is 11.5 Å². The van der Waals surface area contributed by atoms with E-state index >= 15 is 0 Å². The third-order valence-electron chi connectivity index (χ3n) is 4.15. The zero-order valence-corrected chi connectivity index (χ0v) is 16.0. The second-order valence-electron chi connectivity index (χ2n) is 6.22. The molecule has 0 fully saturated rings. The van der Waals surface area contributed by atoms with E-state index < -0.39 is 22.8 Å². The number of carbonyl (C=O) groups is 1. The zero-order chi connectivity index (χ0) is 20.4. The Morgan fingerprint density at radius 2 is 1.93 bits per heavy atom. The van der Waals surface area contributed by atoms with Crippen molar-refractivity contribution >= 4 is 34.3 Å². The number of aromatic nitrogens is 2. The van der Waals surface area contributed by atoms with Gasteiger partial charge in [-0.2, -0.15) is 0 Å². The molecular weight excluding hydrogens is 396 g/mol. The standard InChI is InChI=1S/C21H15F2N3O2S/c1-12(20(27)25-17-11-13(22)8-9-15(17)23)29-21-14-5-2-3-6-16(14)24-19(26-21)18-7-4-10-28-18/h2-12H,1H3,(H,25,27)/t12-/m1/s1. The number of rotatable bonds is 5. The first-order chi connectivity index (χ1) is 14.0. The van der Waals surface area contributed by atoms with Crippen molar-refractivity contribution in [1.82, 2.24) is 9.97 Å². The van der Waals surface area contributed by atoms with E-state index in [-0.39, 0.29) is 5.69 Å². The van der Waals surface area contributed by atoms with Gasteiger partial charge in [0.05, 0.1) is 22.7 Å². The third-order valence-corrected chi connectivity index (χ3v) is 5.26. The van der Waals surface area contributed by atoms with Crippen LogP contribution in [0.25, 0.3) is 22.5 Å². The summed E-state index contributed by atoms with van der Waals surface area (Å²) in [6, 6.07) is 13.8. The van der Waals surface area contributed by atoms with Crippen LogP contribution < -0.4 is 5.32 Å². The first-order valence-electron chi connectivity index (χ1n) is 8.74. The van der Waals surface area contributed by atoms with Crippen LogP contribution >= 0.6 is 11.8 Å². The van der Waals surface area contributed by atoms with Crippen molar-refractivity contribution in [2.45, 2.75) is 17.2 Å². The molecule has 29 heavy (non-hydrogen) atoms. The fraction of sp³-hybridized carbons (Fsp3) is 0.0952.